The van der Waals surface area contributed by atoms with Gasteiger partial charge < -0.3 is 10.1 Å². The lowest BCUT2D eigenvalue weighted by molar-refractivity contribution is 0.0920. The normalized spacial score (nSPS) is 13.0. The van der Waals surface area contributed by atoms with Crippen LogP contribution in [0.25, 0.3) is 0 Å². The summed E-state index contributed by atoms with van der Waals surface area (Å²) < 4.78 is 54.8. The van der Waals surface area contributed by atoms with Crippen LogP contribution in [-0.4, -0.2) is 34.1 Å². The summed E-state index contributed by atoms with van der Waals surface area (Å²) in [5.74, 6) is -3.73. The third-order valence-corrected chi connectivity index (χ3v) is 3.65. The van der Waals surface area contributed by atoms with E-state index in [2.05, 4.69) is 5.32 Å². The maximum absolute atomic E-state index is 14.0. The molecule has 0 spiro atoms. The highest BCUT2D eigenvalue weighted by Gasteiger charge is 2.25. The van der Waals surface area contributed by atoms with Gasteiger partial charge in [-0.15, -0.1) is 0 Å². The van der Waals surface area contributed by atoms with Gasteiger partial charge in [0, 0.05) is 19.8 Å². The van der Waals surface area contributed by atoms with E-state index in [0.717, 1.165) is 0 Å². The molecule has 0 heterocycles. The molecule has 1 atom stereocenters. The highest BCUT2D eigenvalue weighted by atomic mass is 32.2. The van der Waals surface area contributed by atoms with E-state index < -0.39 is 44.1 Å². The number of sulfonamides is 1. The van der Waals surface area contributed by atoms with Gasteiger partial charge in [0.15, 0.2) is 5.82 Å². The molecule has 0 aliphatic carbocycles. The molecule has 3 N–H and O–H groups in total. The summed E-state index contributed by atoms with van der Waals surface area (Å²) in [6.07, 6.45) is 0.431. The highest BCUT2D eigenvalue weighted by Crippen LogP contribution is 2.20. The molecule has 0 fully saturated rings. The molecule has 9 heteroatoms. The number of nitrogens with one attached hydrogen (secondary N) is 1. The maximum Gasteiger partial charge on any atom is 0.257 e. The summed E-state index contributed by atoms with van der Waals surface area (Å²) >= 11 is 0. The number of hydrogen-bond acceptors (Lipinski definition) is 4. The minimum atomic E-state index is -4.39. The number of carbonyl (C=O) groups is 1. The summed E-state index contributed by atoms with van der Waals surface area (Å²) in [5.41, 5.74) is -0.981. The Balaban J connectivity index is 3.10. The van der Waals surface area contributed by atoms with Crippen LogP contribution < -0.4 is 10.5 Å². The number of benzene rings is 1. The molecular weight excluding hydrogens is 306 g/mol. The lowest BCUT2D eigenvalue weighted by Gasteiger charge is -2.14. The number of nitrogens with two attached hydrogens (primary N) is 1. The Hall–Kier alpha value is -1.58. The Morgan fingerprint density at radius 3 is 2.57 bits per heavy atom. The molecule has 0 saturated heterocycles. The molecule has 1 aromatic rings. The zero-order chi connectivity index (χ0) is 16.2. The minimum Gasteiger partial charge on any atom is -0.385 e. The molecule has 0 aliphatic rings. The first kappa shape index (κ1) is 17.5. The van der Waals surface area contributed by atoms with E-state index in [4.69, 9.17) is 9.88 Å². The predicted octanol–water partition coefficient (Wildman–Crippen LogP) is 0.767. The van der Waals surface area contributed by atoms with Crippen LogP contribution in [-0.2, 0) is 14.8 Å². The van der Waals surface area contributed by atoms with Crippen LogP contribution >= 0.6 is 0 Å². The lowest BCUT2D eigenvalue weighted by atomic mass is 10.1. The van der Waals surface area contributed by atoms with Crippen LogP contribution in [0.3, 0.4) is 0 Å². The van der Waals surface area contributed by atoms with Gasteiger partial charge in [-0.25, -0.2) is 22.3 Å². The SMILES string of the molecule is COCCC(C)NC(=O)c1c(F)ccc(S(N)(=O)=O)c1F. The molecule has 0 bridgehead atoms. The fourth-order valence-corrected chi connectivity index (χ4v) is 2.23. The Kier molecular flexibility index (Phi) is 5.76. The van der Waals surface area contributed by atoms with E-state index in [1.165, 1.54) is 7.11 Å². The van der Waals surface area contributed by atoms with Crippen LogP contribution in [0, 0.1) is 11.6 Å². The second-order valence-electron chi connectivity index (χ2n) is 4.44. The summed E-state index contributed by atoms with van der Waals surface area (Å²) in [6.45, 7) is 1.97. The number of primary sulfonamides is 1. The number of amides is 1. The standard InChI is InChI=1S/C12H16F2N2O4S/c1-7(5-6-20-2)16-12(17)10-8(13)3-4-9(11(10)14)21(15,18)19/h3-4,7H,5-6H2,1-2H3,(H,16,17)(H2,15,18,19). The highest BCUT2D eigenvalue weighted by molar-refractivity contribution is 7.89. The van der Waals surface area contributed by atoms with Gasteiger partial charge in [-0.05, 0) is 25.5 Å². The van der Waals surface area contributed by atoms with E-state index in [1.54, 1.807) is 6.92 Å². The molecule has 0 radical (unpaired) electrons. The number of halogens is 2. The Morgan fingerprint density at radius 1 is 1.43 bits per heavy atom. The van der Waals surface area contributed by atoms with Crippen molar-refractivity contribution in [1.82, 2.24) is 5.32 Å². The second kappa shape index (κ2) is 6.92. The number of methoxy groups -OCH3 is 1. The molecule has 0 aromatic heterocycles. The van der Waals surface area contributed by atoms with Crippen molar-refractivity contribution >= 4 is 15.9 Å². The average Bonchev–Trinajstić information content (AvgIpc) is 2.34. The largest absolute Gasteiger partial charge is 0.385 e. The van der Waals surface area contributed by atoms with E-state index in [1.807, 2.05) is 0 Å². The van der Waals surface area contributed by atoms with Gasteiger partial charge in [0.25, 0.3) is 5.91 Å². The summed E-state index contributed by atoms with van der Waals surface area (Å²) in [5, 5.41) is 7.16. The van der Waals surface area contributed by atoms with Crippen LogP contribution in [0.1, 0.15) is 23.7 Å². The van der Waals surface area contributed by atoms with Gasteiger partial charge in [-0.3, -0.25) is 4.79 Å². The minimum absolute atomic E-state index is 0.351. The zero-order valence-electron chi connectivity index (χ0n) is 11.5. The van der Waals surface area contributed by atoms with Gasteiger partial charge in [0.2, 0.25) is 10.0 Å². The molecule has 1 aromatic carbocycles. The molecule has 6 nitrogen and oxygen atoms in total. The van der Waals surface area contributed by atoms with Crippen LogP contribution in [0.15, 0.2) is 17.0 Å². The van der Waals surface area contributed by atoms with Crippen molar-refractivity contribution in [3.05, 3.63) is 29.3 Å². The van der Waals surface area contributed by atoms with E-state index in [-0.39, 0.29) is 0 Å². The fraction of sp³-hybridized carbons (Fsp3) is 0.417. The van der Waals surface area contributed by atoms with Gasteiger partial charge >= 0.3 is 0 Å². The van der Waals surface area contributed by atoms with Crippen LogP contribution in [0.4, 0.5) is 8.78 Å². The van der Waals surface area contributed by atoms with Crippen molar-refractivity contribution in [3.8, 4) is 0 Å². The molecule has 21 heavy (non-hydrogen) atoms. The number of ether oxygens (including phenoxy) is 1. The third-order valence-electron chi connectivity index (χ3n) is 2.72. The molecule has 1 unspecified atom stereocenters. The molecule has 0 aliphatic heterocycles. The Labute approximate surface area is 121 Å². The topological polar surface area (TPSA) is 98.5 Å². The van der Waals surface area contributed by atoms with Gasteiger partial charge in [0.05, 0.1) is 0 Å². The van der Waals surface area contributed by atoms with Crippen LogP contribution in [0.2, 0.25) is 0 Å². The predicted molar refractivity (Wildman–Crippen MR) is 71.2 cm³/mol. The van der Waals surface area contributed by atoms with Crippen molar-refractivity contribution in [1.29, 1.82) is 0 Å². The smallest absolute Gasteiger partial charge is 0.257 e. The summed E-state index contributed by atoms with van der Waals surface area (Å²) in [6, 6.07) is 0.942. The quantitative estimate of drug-likeness (QED) is 0.808. The van der Waals surface area contributed by atoms with Gasteiger partial charge in [0.1, 0.15) is 16.3 Å². The summed E-state index contributed by atoms with van der Waals surface area (Å²) in [4.78, 5) is 10.9. The third kappa shape index (κ3) is 4.45. The number of carbonyl (C=O) groups excluding carboxylic acids is 1. The molecule has 0 saturated carbocycles. The molecular formula is C12H16F2N2O4S. The van der Waals surface area contributed by atoms with Gasteiger partial charge in [-0.2, -0.15) is 0 Å². The van der Waals surface area contributed by atoms with Crippen molar-refractivity contribution in [3.63, 3.8) is 0 Å². The molecule has 1 rings (SSSR count). The van der Waals surface area contributed by atoms with Crippen molar-refractivity contribution < 1.29 is 26.7 Å². The Bertz CT molecular complexity index is 634. The first-order valence-corrected chi connectivity index (χ1v) is 7.53. The zero-order valence-corrected chi connectivity index (χ0v) is 12.3. The van der Waals surface area contributed by atoms with Gasteiger partial charge in [-0.1, -0.05) is 0 Å². The average molecular weight is 322 g/mol. The van der Waals surface area contributed by atoms with Crippen LogP contribution in [0.5, 0.6) is 0 Å². The van der Waals surface area contributed by atoms with E-state index in [9.17, 15) is 22.0 Å². The maximum atomic E-state index is 14.0. The monoisotopic (exact) mass is 322 g/mol. The Morgan fingerprint density at radius 2 is 2.05 bits per heavy atom. The lowest BCUT2D eigenvalue weighted by Crippen LogP contribution is -2.35. The number of rotatable bonds is 6. The summed E-state index contributed by atoms with van der Waals surface area (Å²) in [7, 11) is -2.91. The van der Waals surface area contributed by atoms with Crippen molar-refractivity contribution in [2.24, 2.45) is 5.14 Å². The van der Waals surface area contributed by atoms with E-state index in [0.29, 0.717) is 25.2 Å². The molecule has 118 valence electrons. The van der Waals surface area contributed by atoms with E-state index >= 15 is 0 Å². The van der Waals surface area contributed by atoms with Crippen molar-refractivity contribution in [2.75, 3.05) is 13.7 Å². The number of hydrogen-bond donors (Lipinski definition) is 2. The first-order valence-electron chi connectivity index (χ1n) is 5.99. The first-order chi connectivity index (χ1) is 9.68. The second-order valence-corrected chi connectivity index (χ2v) is 5.97. The van der Waals surface area contributed by atoms with Crippen molar-refractivity contribution in [2.45, 2.75) is 24.3 Å². The molecule has 1 amide bonds. The fourth-order valence-electron chi connectivity index (χ4n) is 1.62.